The average Bonchev–Trinajstić information content (AvgIpc) is 2.36. The van der Waals surface area contributed by atoms with Gasteiger partial charge in [0.2, 0.25) is 0 Å². The van der Waals surface area contributed by atoms with E-state index in [-0.39, 0.29) is 0 Å². The number of ether oxygens (including phenoxy) is 1. The van der Waals surface area contributed by atoms with Gasteiger partial charge in [0.05, 0.1) is 6.61 Å². The summed E-state index contributed by atoms with van der Waals surface area (Å²) in [5, 5.41) is 0. The molecule has 0 N–H and O–H groups in total. The van der Waals surface area contributed by atoms with Crippen molar-refractivity contribution in [3.8, 4) is 5.75 Å². The van der Waals surface area contributed by atoms with Crippen LogP contribution in [0.5, 0.6) is 5.75 Å². The fourth-order valence-electron chi connectivity index (χ4n) is 1.59. The van der Waals surface area contributed by atoms with Crippen molar-refractivity contribution in [3.63, 3.8) is 0 Å². The number of ketones is 1. The highest BCUT2D eigenvalue weighted by Gasteiger charge is 2.02. The molecule has 1 rings (SSSR count). The van der Waals surface area contributed by atoms with Crippen LogP contribution in [0.25, 0.3) is 0 Å². The number of rotatable bonds is 8. The first-order valence-corrected chi connectivity index (χ1v) is 6.10. The highest BCUT2D eigenvalue weighted by atomic mass is 16.5. The third-order valence-corrected chi connectivity index (χ3v) is 2.55. The van der Waals surface area contributed by atoms with E-state index in [4.69, 9.17) is 4.74 Å². The predicted octanol–water partition coefficient (Wildman–Crippen LogP) is 3.55. The number of Topliss-reactive ketones (excluding diaryl/α,β-unsaturated/α-hetero) is 1. The molecule has 2 nitrogen and oxygen atoms in total. The Hall–Kier alpha value is -1.57. The fraction of sp³-hybridized carbons (Fsp3) is 0.400. The molecule has 0 radical (unpaired) electrons. The highest BCUT2D eigenvalue weighted by Crippen LogP contribution is 2.13. The minimum atomic E-state index is 0.304. The minimum Gasteiger partial charge on any atom is -0.494 e. The summed E-state index contributed by atoms with van der Waals surface area (Å²) in [6.07, 6.45) is 4.60. The maximum absolute atomic E-state index is 11.5. The quantitative estimate of drug-likeness (QED) is 0.641. The Morgan fingerprint density at radius 2 is 2.00 bits per heavy atom. The summed E-state index contributed by atoms with van der Waals surface area (Å²) in [5.74, 6) is 1.19. The van der Waals surface area contributed by atoms with Gasteiger partial charge < -0.3 is 4.74 Å². The fourth-order valence-corrected chi connectivity index (χ4v) is 1.59. The van der Waals surface area contributed by atoms with E-state index in [0.717, 1.165) is 18.6 Å². The number of aryl methyl sites for hydroxylation is 1. The lowest BCUT2D eigenvalue weighted by Gasteiger charge is -2.04. The smallest absolute Gasteiger partial charge is 0.133 e. The van der Waals surface area contributed by atoms with Crippen molar-refractivity contribution in [2.24, 2.45) is 0 Å². The molecule has 17 heavy (non-hydrogen) atoms. The van der Waals surface area contributed by atoms with Crippen LogP contribution in [-0.2, 0) is 11.2 Å². The Bertz CT molecular complexity index is 352. The van der Waals surface area contributed by atoms with Crippen molar-refractivity contribution in [2.75, 3.05) is 6.61 Å². The molecule has 92 valence electrons. The van der Waals surface area contributed by atoms with Gasteiger partial charge in [-0.2, -0.15) is 0 Å². The van der Waals surface area contributed by atoms with E-state index in [1.807, 2.05) is 31.2 Å². The summed E-state index contributed by atoms with van der Waals surface area (Å²) in [4.78, 5) is 11.5. The zero-order valence-corrected chi connectivity index (χ0v) is 10.4. The molecule has 0 spiro atoms. The number of carbonyl (C=O) groups excluding carboxylic acids is 1. The Kier molecular flexibility index (Phi) is 6.08. The van der Waals surface area contributed by atoms with Crippen LogP contribution >= 0.6 is 0 Å². The molecule has 0 bridgehead atoms. The second-order valence-corrected chi connectivity index (χ2v) is 3.94. The molecule has 0 amide bonds. The molecular weight excluding hydrogens is 212 g/mol. The summed E-state index contributed by atoms with van der Waals surface area (Å²) < 4.78 is 5.36. The van der Waals surface area contributed by atoms with Crippen LogP contribution in [0.4, 0.5) is 0 Å². The Balaban J connectivity index is 2.36. The predicted molar refractivity (Wildman–Crippen MR) is 70.4 cm³/mol. The summed E-state index contributed by atoms with van der Waals surface area (Å²) >= 11 is 0. The average molecular weight is 232 g/mol. The lowest BCUT2D eigenvalue weighted by atomic mass is 10.1. The van der Waals surface area contributed by atoms with Crippen molar-refractivity contribution in [1.82, 2.24) is 0 Å². The molecule has 0 saturated heterocycles. The monoisotopic (exact) mass is 232 g/mol. The molecule has 2 heteroatoms. The molecule has 0 aliphatic carbocycles. The van der Waals surface area contributed by atoms with Crippen LogP contribution in [0.3, 0.4) is 0 Å². The van der Waals surface area contributed by atoms with E-state index in [1.54, 1.807) is 6.08 Å². The van der Waals surface area contributed by atoms with Crippen molar-refractivity contribution < 1.29 is 9.53 Å². The molecule has 0 fully saturated rings. The first kappa shape index (κ1) is 13.5. The van der Waals surface area contributed by atoms with Crippen LogP contribution in [0, 0.1) is 0 Å². The normalized spacial score (nSPS) is 9.94. The van der Waals surface area contributed by atoms with Gasteiger partial charge in [-0.3, -0.25) is 4.79 Å². The molecule has 0 aromatic heterocycles. The van der Waals surface area contributed by atoms with Crippen LogP contribution < -0.4 is 4.74 Å². The van der Waals surface area contributed by atoms with Crippen molar-refractivity contribution >= 4 is 5.78 Å². The first-order chi connectivity index (χ1) is 8.26. The third kappa shape index (κ3) is 5.34. The Morgan fingerprint density at radius 1 is 1.29 bits per heavy atom. The molecule has 0 aliphatic heterocycles. The minimum absolute atomic E-state index is 0.304. The van der Waals surface area contributed by atoms with Crippen LogP contribution in [0.1, 0.15) is 31.7 Å². The second kappa shape index (κ2) is 7.66. The van der Waals surface area contributed by atoms with Crippen molar-refractivity contribution in [3.05, 3.63) is 42.5 Å². The van der Waals surface area contributed by atoms with Crippen LogP contribution in [0.2, 0.25) is 0 Å². The number of allylic oxidation sites excluding steroid dienone is 1. The van der Waals surface area contributed by atoms with Gasteiger partial charge in [0.15, 0.2) is 0 Å². The van der Waals surface area contributed by atoms with Gasteiger partial charge in [-0.05, 0) is 37.5 Å². The summed E-state index contributed by atoms with van der Waals surface area (Å²) in [6, 6.07) is 7.94. The van der Waals surface area contributed by atoms with E-state index in [1.165, 1.54) is 5.56 Å². The topological polar surface area (TPSA) is 26.3 Å². The van der Waals surface area contributed by atoms with E-state index in [9.17, 15) is 4.79 Å². The van der Waals surface area contributed by atoms with E-state index >= 15 is 0 Å². The van der Waals surface area contributed by atoms with Crippen LogP contribution in [0.15, 0.2) is 36.9 Å². The zero-order chi connectivity index (χ0) is 12.5. The third-order valence-electron chi connectivity index (χ3n) is 2.55. The van der Waals surface area contributed by atoms with E-state index in [0.29, 0.717) is 25.2 Å². The standard InChI is InChI=1S/C15H20O2/c1-3-5-6-14(16)10-7-13-8-11-15(12-9-13)17-4-2/h3,8-9,11-12H,1,4-7,10H2,2H3. The van der Waals surface area contributed by atoms with Crippen LogP contribution in [-0.4, -0.2) is 12.4 Å². The molecule has 1 aromatic carbocycles. The molecule has 0 atom stereocenters. The van der Waals surface area contributed by atoms with Gasteiger partial charge in [0, 0.05) is 12.8 Å². The molecule has 0 saturated carbocycles. The van der Waals surface area contributed by atoms with Crippen molar-refractivity contribution in [2.45, 2.75) is 32.6 Å². The molecule has 0 aliphatic rings. The van der Waals surface area contributed by atoms with Gasteiger partial charge >= 0.3 is 0 Å². The molecular formula is C15H20O2. The number of hydrogen-bond donors (Lipinski definition) is 0. The Labute approximate surface area is 103 Å². The largest absolute Gasteiger partial charge is 0.494 e. The van der Waals surface area contributed by atoms with Gasteiger partial charge in [-0.25, -0.2) is 0 Å². The lowest BCUT2D eigenvalue weighted by Crippen LogP contribution is -1.99. The van der Waals surface area contributed by atoms with Gasteiger partial charge in [-0.1, -0.05) is 18.2 Å². The number of benzene rings is 1. The molecule has 0 heterocycles. The van der Waals surface area contributed by atoms with E-state index < -0.39 is 0 Å². The maximum Gasteiger partial charge on any atom is 0.133 e. The number of hydrogen-bond acceptors (Lipinski definition) is 2. The first-order valence-electron chi connectivity index (χ1n) is 6.10. The lowest BCUT2D eigenvalue weighted by molar-refractivity contribution is -0.118. The maximum atomic E-state index is 11.5. The Morgan fingerprint density at radius 3 is 2.59 bits per heavy atom. The second-order valence-electron chi connectivity index (χ2n) is 3.94. The summed E-state index contributed by atoms with van der Waals surface area (Å²) in [6.45, 7) is 6.26. The molecule has 1 aromatic rings. The SMILES string of the molecule is C=CCCC(=O)CCc1ccc(OCC)cc1. The number of carbonyl (C=O) groups is 1. The summed E-state index contributed by atoms with van der Waals surface area (Å²) in [7, 11) is 0. The summed E-state index contributed by atoms with van der Waals surface area (Å²) in [5.41, 5.74) is 1.18. The van der Waals surface area contributed by atoms with Gasteiger partial charge in [0.1, 0.15) is 11.5 Å². The van der Waals surface area contributed by atoms with Gasteiger partial charge in [-0.15, -0.1) is 6.58 Å². The van der Waals surface area contributed by atoms with E-state index in [2.05, 4.69) is 6.58 Å². The molecule has 0 unspecified atom stereocenters. The van der Waals surface area contributed by atoms with Gasteiger partial charge in [0.25, 0.3) is 0 Å². The zero-order valence-electron chi connectivity index (χ0n) is 10.4. The van der Waals surface area contributed by atoms with Crippen molar-refractivity contribution in [1.29, 1.82) is 0 Å². The highest BCUT2D eigenvalue weighted by molar-refractivity contribution is 5.78.